The highest BCUT2D eigenvalue weighted by molar-refractivity contribution is 5.30. The van der Waals surface area contributed by atoms with Gasteiger partial charge >= 0.3 is 0 Å². The van der Waals surface area contributed by atoms with Gasteiger partial charge in [0.2, 0.25) is 0 Å². The van der Waals surface area contributed by atoms with Gasteiger partial charge in [-0.15, -0.1) is 0 Å². The molecule has 11 atom stereocenters. The van der Waals surface area contributed by atoms with Gasteiger partial charge < -0.3 is 15.3 Å². The Labute approximate surface area is 202 Å². The van der Waals surface area contributed by atoms with Crippen LogP contribution in [0.1, 0.15) is 106 Å². The van der Waals surface area contributed by atoms with Crippen molar-refractivity contribution >= 4 is 0 Å². The van der Waals surface area contributed by atoms with Crippen molar-refractivity contribution in [2.75, 3.05) is 0 Å². The normalized spacial score (nSPS) is 52.4. The third-order valence-corrected chi connectivity index (χ3v) is 13.2. The summed E-state index contributed by atoms with van der Waals surface area (Å²) in [6, 6.07) is 0. The molecule has 3 heteroatoms. The van der Waals surface area contributed by atoms with E-state index in [0.717, 1.165) is 17.9 Å². The van der Waals surface area contributed by atoms with Crippen LogP contribution in [-0.4, -0.2) is 33.6 Å². The Morgan fingerprint density at radius 2 is 1.45 bits per heavy atom. The molecule has 5 fully saturated rings. The Bertz CT molecular complexity index is 828. The van der Waals surface area contributed by atoms with Gasteiger partial charge in [0.25, 0.3) is 0 Å². The van der Waals surface area contributed by atoms with Crippen LogP contribution in [0, 0.1) is 50.7 Å². The van der Waals surface area contributed by atoms with E-state index in [9.17, 15) is 15.3 Å². The molecule has 0 saturated heterocycles. The maximum atomic E-state index is 11.1. The lowest BCUT2D eigenvalue weighted by molar-refractivity contribution is -0.165. The SMILES string of the molecule is CC(C)=C[C@@H](O)[C@@H](O)[C@@H](C)[C@H]1CC[C@@]2(C)[C@@H]3CC[C@H]4C(C)(C)[C@@H](O)CC[C@@]45C[C@@]35CC[C@]12C. The number of hydrogen-bond donors (Lipinski definition) is 3. The number of aliphatic hydroxyl groups excluding tert-OH is 3. The number of rotatable bonds is 4. The van der Waals surface area contributed by atoms with E-state index < -0.39 is 12.2 Å². The van der Waals surface area contributed by atoms with E-state index in [1.165, 1.54) is 51.4 Å². The minimum absolute atomic E-state index is 0.0479. The molecule has 0 heterocycles. The van der Waals surface area contributed by atoms with Crippen molar-refractivity contribution in [1.82, 2.24) is 0 Å². The van der Waals surface area contributed by atoms with Crippen molar-refractivity contribution in [3.05, 3.63) is 11.6 Å². The van der Waals surface area contributed by atoms with Gasteiger partial charge in [-0.2, -0.15) is 0 Å². The molecule has 3 nitrogen and oxygen atoms in total. The second kappa shape index (κ2) is 7.32. The van der Waals surface area contributed by atoms with E-state index in [1.807, 2.05) is 19.9 Å². The minimum Gasteiger partial charge on any atom is -0.393 e. The van der Waals surface area contributed by atoms with Gasteiger partial charge in [-0.3, -0.25) is 0 Å². The van der Waals surface area contributed by atoms with Crippen LogP contribution in [0.15, 0.2) is 11.6 Å². The van der Waals surface area contributed by atoms with Gasteiger partial charge in [0.05, 0.1) is 18.3 Å². The standard InChI is InChI=1S/C30H50O3/c1-18(2)16-21(31)25(33)19(3)20-10-12-28(7)23-9-8-22-26(4,5)24(32)11-13-29(22)17-30(23,29)15-14-27(20,28)6/h16,19-25,31-33H,8-15,17H2,1-7H3/t19-,20+,21+,22-,23-,24-,25-,27+,28-,29+,30-/m0/s1. The highest BCUT2D eigenvalue weighted by Crippen LogP contribution is 2.89. The summed E-state index contributed by atoms with van der Waals surface area (Å²) in [6.07, 6.45) is 11.5. The first kappa shape index (κ1) is 24.3. The zero-order chi connectivity index (χ0) is 24.2. The number of allylic oxidation sites excluding steroid dienone is 1. The summed E-state index contributed by atoms with van der Waals surface area (Å²) in [4.78, 5) is 0. The van der Waals surface area contributed by atoms with Gasteiger partial charge in [0.15, 0.2) is 0 Å². The Kier molecular flexibility index (Phi) is 5.40. The molecule has 5 saturated carbocycles. The fourth-order valence-corrected chi connectivity index (χ4v) is 11.2. The molecule has 0 aromatic rings. The summed E-state index contributed by atoms with van der Waals surface area (Å²) in [7, 11) is 0. The van der Waals surface area contributed by atoms with E-state index in [2.05, 4.69) is 34.6 Å². The molecule has 5 aliphatic carbocycles. The Morgan fingerprint density at radius 1 is 0.818 bits per heavy atom. The first-order valence-corrected chi connectivity index (χ1v) is 14.0. The third-order valence-electron chi connectivity index (χ3n) is 13.2. The summed E-state index contributed by atoms with van der Waals surface area (Å²) in [5.41, 5.74) is 2.64. The highest BCUT2D eigenvalue weighted by atomic mass is 16.3. The lowest BCUT2D eigenvalue weighted by atomic mass is 9.41. The maximum absolute atomic E-state index is 11.1. The molecule has 0 radical (unpaired) electrons. The van der Waals surface area contributed by atoms with Gasteiger partial charge in [-0.05, 0) is 122 Å². The summed E-state index contributed by atoms with van der Waals surface area (Å²) in [6.45, 7) is 16.0. The van der Waals surface area contributed by atoms with Crippen LogP contribution < -0.4 is 0 Å². The fraction of sp³-hybridized carbons (Fsp3) is 0.933. The van der Waals surface area contributed by atoms with Crippen molar-refractivity contribution in [3.8, 4) is 0 Å². The number of fused-ring (bicyclic) bond motifs is 2. The molecule has 0 bridgehead atoms. The van der Waals surface area contributed by atoms with Gasteiger partial charge in [-0.1, -0.05) is 46.3 Å². The first-order chi connectivity index (χ1) is 15.3. The number of hydrogen-bond acceptors (Lipinski definition) is 3. The van der Waals surface area contributed by atoms with Crippen LogP contribution >= 0.6 is 0 Å². The van der Waals surface area contributed by atoms with Gasteiger partial charge in [0.1, 0.15) is 0 Å². The molecule has 2 spiro atoms. The summed E-state index contributed by atoms with van der Waals surface area (Å²) in [5.74, 6) is 2.02. The number of aliphatic hydroxyl groups is 3. The summed E-state index contributed by atoms with van der Waals surface area (Å²) in [5, 5.41) is 32.6. The van der Waals surface area contributed by atoms with Crippen LogP contribution in [0.4, 0.5) is 0 Å². The summed E-state index contributed by atoms with van der Waals surface area (Å²) < 4.78 is 0. The molecule has 5 aliphatic rings. The van der Waals surface area contributed by atoms with Crippen LogP contribution in [0.5, 0.6) is 0 Å². The predicted octanol–water partition coefficient (Wildman–Crippen LogP) is 6.11. The Morgan fingerprint density at radius 3 is 2.12 bits per heavy atom. The molecule has 33 heavy (non-hydrogen) atoms. The molecule has 0 unspecified atom stereocenters. The predicted molar refractivity (Wildman–Crippen MR) is 133 cm³/mol. The lowest BCUT2D eigenvalue weighted by Gasteiger charge is -2.63. The van der Waals surface area contributed by atoms with E-state index in [4.69, 9.17) is 0 Å². The van der Waals surface area contributed by atoms with Gasteiger partial charge in [0, 0.05) is 0 Å². The fourth-order valence-electron chi connectivity index (χ4n) is 11.2. The molecule has 0 aromatic heterocycles. The average molecular weight is 459 g/mol. The molecule has 0 aromatic carbocycles. The van der Waals surface area contributed by atoms with E-state index >= 15 is 0 Å². The molecule has 0 amide bonds. The van der Waals surface area contributed by atoms with Gasteiger partial charge in [-0.25, -0.2) is 0 Å². The average Bonchev–Trinajstić information content (AvgIpc) is 3.32. The van der Waals surface area contributed by atoms with Crippen molar-refractivity contribution in [2.24, 2.45) is 50.7 Å². The molecular formula is C30H50O3. The Hall–Kier alpha value is -0.380. The third kappa shape index (κ3) is 2.91. The zero-order valence-electron chi connectivity index (χ0n) is 22.3. The van der Waals surface area contributed by atoms with E-state index in [-0.39, 0.29) is 22.9 Å². The topological polar surface area (TPSA) is 60.7 Å². The molecule has 3 N–H and O–H groups in total. The van der Waals surface area contributed by atoms with E-state index in [1.54, 1.807) is 0 Å². The minimum atomic E-state index is -0.770. The van der Waals surface area contributed by atoms with Crippen LogP contribution in [0.25, 0.3) is 0 Å². The first-order valence-electron chi connectivity index (χ1n) is 14.0. The quantitative estimate of drug-likeness (QED) is 0.445. The van der Waals surface area contributed by atoms with Crippen LogP contribution in [-0.2, 0) is 0 Å². The molecular weight excluding hydrogens is 408 g/mol. The largest absolute Gasteiger partial charge is 0.393 e. The monoisotopic (exact) mass is 458 g/mol. The Balaban J connectivity index is 1.43. The zero-order valence-corrected chi connectivity index (χ0v) is 22.3. The van der Waals surface area contributed by atoms with Crippen molar-refractivity contribution < 1.29 is 15.3 Å². The second-order valence-electron chi connectivity index (χ2n) is 14.6. The van der Waals surface area contributed by atoms with Crippen LogP contribution in [0.2, 0.25) is 0 Å². The molecule has 188 valence electrons. The van der Waals surface area contributed by atoms with Crippen LogP contribution in [0.3, 0.4) is 0 Å². The highest BCUT2D eigenvalue weighted by Gasteiger charge is 2.82. The maximum Gasteiger partial charge on any atom is 0.0985 e. The van der Waals surface area contributed by atoms with E-state index in [0.29, 0.717) is 28.1 Å². The lowest BCUT2D eigenvalue weighted by Crippen LogP contribution is -2.58. The van der Waals surface area contributed by atoms with Crippen molar-refractivity contribution in [2.45, 2.75) is 125 Å². The second-order valence-corrected chi connectivity index (χ2v) is 14.6. The smallest absolute Gasteiger partial charge is 0.0985 e. The molecule has 0 aliphatic heterocycles. The molecule has 5 rings (SSSR count). The van der Waals surface area contributed by atoms with Crippen molar-refractivity contribution in [1.29, 1.82) is 0 Å². The summed E-state index contributed by atoms with van der Waals surface area (Å²) >= 11 is 0. The van der Waals surface area contributed by atoms with Crippen molar-refractivity contribution in [3.63, 3.8) is 0 Å².